The molecule has 0 aromatic heterocycles. The molecule has 18 heavy (non-hydrogen) atoms. The van der Waals surface area contributed by atoms with E-state index in [1.54, 1.807) is 24.3 Å². The van der Waals surface area contributed by atoms with Crippen LogP contribution in [-0.4, -0.2) is 27.1 Å². The molecule has 0 radical (unpaired) electrons. The van der Waals surface area contributed by atoms with E-state index in [9.17, 15) is 13.2 Å². The van der Waals surface area contributed by atoms with Gasteiger partial charge in [0, 0.05) is 24.9 Å². The van der Waals surface area contributed by atoms with Crippen molar-refractivity contribution < 1.29 is 13.2 Å². The summed E-state index contributed by atoms with van der Waals surface area (Å²) in [4.78, 5) is 10.8. The highest BCUT2D eigenvalue weighted by molar-refractivity contribution is 7.90. The Morgan fingerprint density at radius 3 is 2.33 bits per heavy atom. The fraction of sp³-hybridized carbons (Fsp3) is 0.417. The predicted octanol–water partition coefficient (Wildman–Crippen LogP) is 1.16. The minimum Gasteiger partial charge on any atom is -0.385 e. The molecule has 0 aliphatic heterocycles. The Kier molecular flexibility index (Phi) is 5.15. The zero-order valence-electron chi connectivity index (χ0n) is 10.3. The van der Waals surface area contributed by atoms with Crippen LogP contribution in [0.4, 0.5) is 5.69 Å². The van der Waals surface area contributed by atoms with Gasteiger partial charge in [-0.2, -0.15) is 0 Å². The standard InChI is InChI=1S/C12H18N2O3S/c1-18(16,17)11-7-5-10(6-8-11)14-9-3-2-4-12(13)15/h5-8,14H,2-4,9H2,1H3,(H2,13,15). The smallest absolute Gasteiger partial charge is 0.217 e. The summed E-state index contributed by atoms with van der Waals surface area (Å²) in [6, 6.07) is 6.59. The number of hydrogen-bond donors (Lipinski definition) is 2. The number of anilines is 1. The van der Waals surface area contributed by atoms with Crippen molar-refractivity contribution in [3.05, 3.63) is 24.3 Å². The summed E-state index contributed by atoms with van der Waals surface area (Å²) in [5, 5.41) is 3.15. The van der Waals surface area contributed by atoms with Crippen LogP contribution in [0.25, 0.3) is 0 Å². The first kappa shape index (κ1) is 14.5. The third-order valence-electron chi connectivity index (χ3n) is 2.46. The van der Waals surface area contributed by atoms with E-state index in [4.69, 9.17) is 5.73 Å². The molecule has 0 spiro atoms. The van der Waals surface area contributed by atoms with Crippen molar-refractivity contribution in [2.45, 2.75) is 24.2 Å². The molecule has 0 unspecified atom stereocenters. The average Bonchev–Trinajstić information content (AvgIpc) is 2.27. The van der Waals surface area contributed by atoms with E-state index in [1.807, 2.05) is 0 Å². The molecule has 0 aliphatic carbocycles. The van der Waals surface area contributed by atoms with Gasteiger partial charge in [-0.05, 0) is 37.1 Å². The maximum atomic E-state index is 11.2. The van der Waals surface area contributed by atoms with Gasteiger partial charge in [-0.3, -0.25) is 4.79 Å². The van der Waals surface area contributed by atoms with Gasteiger partial charge in [0.1, 0.15) is 0 Å². The first-order valence-corrected chi connectivity index (χ1v) is 7.61. The van der Waals surface area contributed by atoms with Crippen molar-refractivity contribution in [2.75, 3.05) is 18.1 Å². The van der Waals surface area contributed by atoms with E-state index < -0.39 is 9.84 Å². The third kappa shape index (κ3) is 5.18. The van der Waals surface area contributed by atoms with Crippen LogP contribution in [-0.2, 0) is 14.6 Å². The van der Waals surface area contributed by atoms with Crippen LogP contribution in [0.15, 0.2) is 29.2 Å². The minimum absolute atomic E-state index is 0.285. The van der Waals surface area contributed by atoms with Gasteiger partial charge in [-0.25, -0.2) is 8.42 Å². The van der Waals surface area contributed by atoms with Crippen molar-refractivity contribution in [1.82, 2.24) is 0 Å². The molecule has 0 heterocycles. The van der Waals surface area contributed by atoms with Crippen molar-refractivity contribution in [3.8, 4) is 0 Å². The lowest BCUT2D eigenvalue weighted by Gasteiger charge is -2.06. The highest BCUT2D eigenvalue weighted by Crippen LogP contribution is 2.13. The lowest BCUT2D eigenvalue weighted by molar-refractivity contribution is -0.118. The summed E-state index contributed by atoms with van der Waals surface area (Å²) in [5.41, 5.74) is 5.89. The van der Waals surface area contributed by atoms with Crippen LogP contribution >= 0.6 is 0 Å². The van der Waals surface area contributed by atoms with Gasteiger partial charge < -0.3 is 11.1 Å². The number of carbonyl (C=O) groups excluding carboxylic acids is 1. The van der Waals surface area contributed by atoms with Crippen LogP contribution in [0, 0.1) is 0 Å². The van der Waals surface area contributed by atoms with E-state index in [0.29, 0.717) is 11.3 Å². The fourth-order valence-corrected chi connectivity index (χ4v) is 2.11. The first-order valence-electron chi connectivity index (χ1n) is 5.72. The molecule has 1 aromatic rings. The number of carbonyl (C=O) groups is 1. The van der Waals surface area contributed by atoms with Crippen molar-refractivity contribution >= 4 is 21.4 Å². The number of nitrogens with two attached hydrogens (primary N) is 1. The molecular weight excluding hydrogens is 252 g/mol. The van der Waals surface area contributed by atoms with Crippen LogP contribution in [0.2, 0.25) is 0 Å². The van der Waals surface area contributed by atoms with E-state index in [1.165, 1.54) is 6.26 Å². The third-order valence-corrected chi connectivity index (χ3v) is 3.59. The lowest BCUT2D eigenvalue weighted by Crippen LogP contribution is -2.10. The van der Waals surface area contributed by atoms with Crippen LogP contribution in [0.1, 0.15) is 19.3 Å². The molecule has 6 heteroatoms. The van der Waals surface area contributed by atoms with E-state index >= 15 is 0 Å². The highest BCUT2D eigenvalue weighted by atomic mass is 32.2. The fourth-order valence-electron chi connectivity index (χ4n) is 1.48. The van der Waals surface area contributed by atoms with Crippen molar-refractivity contribution in [3.63, 3.8) is 0 Å². The Balaban J connectivity index is 2.38. The number of benzene rings is 1. The van der Waals surface area contributed by atoms with Gasteiger partial charge in [0.2, 0.25) is 5.91 Å². The van der Waals surface area contributed by atoms with E-state index in [2.05, 4.69) is 5.32 Å². The molecule has 1 amide bonds. The lowest BCUT2D eigenvalue weighted by atomic mass is 10.2. The van der Waals surface area contributed by atoms with Gasteiger partial charge in [0.25, 0.3) is 0 Å². The molecule has 0 atom stereocenters. The number of sulfone groups is 1. The second-order valence-electron chi connectivity index (χ2n) is 4.15. The predicted molar refractivity (Wildman–Crippen MR) is 71.1 cm³/mol. The monoisotopic (exact) mass is 270 g/mol. The van der Waals surface area contributed by atoms with Gasteiger partial charge in [-0.1, -0.05) is 0 Å². The maximum absolute atomic E-state index is 11.2. The van der Waals surface area contributed by atoms with Gasteiger partial charge >= 0.3 is 0 Å². The molecule has 1 aromatic carbocycles. The summed E-state index contributed by atoms with van der Waals surface area (Å²) in [6.45, 7) is 0.728. The largest absolute Gasteiger partial charge is 0.385 e. The molecular formula is C12H18N2O3S. The number of nitrogens with one attached hydrogen (secondary N) is 1. The number of primary amides is 1. The second kappa shape index (κ2) is 6.39. The first-order chi connectivity index (χ1) is 8.39. The molecule has 100 valence electrons. The SMILES string of the molecule is CS(=O)(=O)c1ccc(NCCCCC(N)=O)cc1. The summed E-state index contributed by atoms with van der Waals surface area (Å²) in [7, 11) is -3.14. The van der Waals surface area contributed by atoms with Gasteiger partial charge in [0.05, 0.1) is 4.90 Å². The number of rotatable bonds is 7. The molecule has 0 saturated heterocycles. The maximum Gasteiger partial charge on any atom is 0.217 e. The molecule has 3 N–H and O–H groups in total. The Labute approximate surface area is 107 Å². The summed E-state index contributed by atoms with van der Waals surface area (Å²) < 4.78 is 22.5. The Morgan fingerprint density at radius 1 is 1.22 bits per heavy atom. The Bertz CT molecular complexity index is 495. The molecule has 1 rings (SSSR count). The summed E-state index contributed by atoms with van der Waals surface area (Å²) in [6.07, 6.45) is 3.18. The highest BCUT2D eigenvalue weighted by Gasteiger charge is 2.05. The van der Waals surface area contributed by atoms with Crippen LogP contribution in [0.3, 0.4) is 0 Å². The van der Waals surface area contributed by atoms with Crippen LogP contribution < -0.4 is 11.1 Å². The van der Waals surface area contributed by atoms with Crippen LogP contribution in [0.5, 0.6) is 0 Å². The quantitative estimate of drug-likeness (QED) is 0.727. The molecule has 0 fully saturated rings. The minimum atomic E-state index is -3.14. The summed E-state index contributed by atoms with van der Waals surface area (Å²) in [5.74, 6) is -0.285. The zero-order valence-corrected chi connectivity index (χ0v) is 11.2. The number of amides is 1. The molecule has 0 saturated carbocycles. The normalized spacial score (nSPS) is 11.2. The second-order valence-corrected chi connectivity index (χ2v) is 6.16. The molecule has 0 bridgehead atoms. The van der Waals surface area contributed by atoms with E-state index in [-0.39, 0.29) is 5.91 Å². The number of hydrogen-bond acceptors (Lipinski definition) is 4. The van der Waals surface area contributed by atoms with Gasteiger partial charge in [0.15, 0.2) is 9.84 Å². The topological polar surface area (TPSA) is 89.3 Å². The van der Waals surface area contributed by atoms with Gasteiger partial charge in [-0.15, -0.1) is 0 Å². The summed E-state index contributed by atoms with van der Waals surface area (Å²) >= 11 is 0. The van der Waals surface area contributed by atoms with Crippen molar-refractivity contribution in [1.29, 1.82) is 0 Å². The zero-order chi connectivity index (χ0) is 13.6. The average molecular weight is 270 g/mol. The molecule has 5 nitrogen and oxygen atoms in total. The Hall–Kier alpha value is -1.56. The van der Waals surface area contributed by atoms with E-state index in [0.717, 1.165) is 25.1 Å². The Morgan fingerprint density at radius 2 is 1.83 bits per heavy atom. The van der Waals surface area contributed by atoms with Crippen molar-refractivity contribution in [2.24, 2.45) is 5.73 Å². The number of unbranched alkanes of at least 4 members (excludes halogenated alkanes) is 1. The molecule has 0 aliphatic rings.